The highest BCUT2D eigenvalue weighted by Gasteiger charge is 2.12. The lowest BCUT2D eigenvalue weighted by molar-refractivity contribution is 0.236. The standard InChI is InChI=1S/C24H34N6O2/c1-6-13-30(7-2)14-8-15-32-22-16-19(9-10-21(22)31-5)26-24-25-12-11-20(27-24)23-17(3)28-29-18(23)4/h9-12,16H,6-8,13-15H2,1-5H3,(H,28,29)(H,25,26,27). The van der Waals surface area contributed by atoms with Gasteiger partial charge in [0.1, 0.15) is 0 Å². The Hall–Kier alpha value is -3.13. The number of hydrogen-bond acceptors (Lipinski definition) is 7. The van der Waals surface area contributed by atoms with Crippen LogP contribution in [0.1, 0.15) is 38.1 Å². The Kier molecular flexibility index (Phi) is 8.44. The van der Waals surface area contributed by atoms with Gasteiger partial charge in [0.05, 0.1) is 25.1 Å². The minimum absolute atomic E-state index is 0.511. The first-order chi connectivity index (χ1) is 15.5. The second-order valence-corrected chi connectivity index (χ2v) is 7.70. The summed E-state index contributed by atoms with van der Waals surface area (Å²) in [5.74, 6) is 1.92. The number of methoxy groups -OCH3 is 1. The van der Waals surface area contributed by atoms with Gasteiger partial charge in [-0.2, -0.15) is 5.10 Å². The van der Waals surface area contributed by atoms with Crippen LogP contribution in [-0.2, 0) is 0 Å². The summed E-state index contributed by atoms with van der Waals surface area (Å²) in [4.78, 5) is 11.5. The number of hydrogen-bond donors (Lipinski definition) is 2. The van der Waals surface area contributed by atoms with Crippen LogP contribution < -0.4 is 14.8 Å². The molecular weight excluding hydrogens is 404 g/mol. The highest BCUT2D eigenvalue weighted by molar-refractivity contribution is 5.66. The molecule has 32 heavy (non-hydrogen) atoms. The van der Waals surface area contributed by atoms with Crippen molar-refractivity contribution in [2.45, 2.75) is 40.5 Å². The Morgan fingerprint density at radius 3 is 2.62 bits per heavy atom. The van der Waals surface area contributed by atoms with Crippen LogP contribution in [0.2, 0.25) is 0 Å². The molecule has 0 atom stereocenters. The molecule has 0 amide bonds. The van der Waals surface area contributed by atoms with E-state index in [9.17, 15) is 0 Å². The number of rotatable bonds is 12. The van der Waals surface area contributed by atoms with Crippen molar-refractivity contribution < 1.29 is 9.47 Å². The third-order valence-electron chi connectivity index (χ3n) is 5.32. The zero-order chi connectivity index (χ0) is 22.9. The third-order valence-corrected chi connectivity index (χ3v) is 5.32. The van der Waals surface area contributed by atoms with E-state index < -0.39 is 0 Å². The van der Waals surface area contributed by atoms with Crippen LogP contribution in [0.3, 0.4) is 0 Å². The van der Waals surface area contributed by atoms with Gasteiger partial charge in [-0.25, -0.2) is 9.97 Å². The summed E-state index contributed by atoms with van der Waals surface area (Å²) in [6.07, 6.45) is 3.87. The molecule has 3 rings (SSSR count). The number of aromatic nitrogens is 4. The van der Waals surface area contributed by atoms with Crippen LogP contribution in [0, 0.1) is 13.8 Å². The fourth-order valence-corrected chi connectivity index (χ4v) is 3.70. The molecule has 2 aromatic heterocycles. The van der Waals surface area contributed by atoms with E-state index in [2.05, 4.69) is 44.2 Å². The van der Waals surface area contributed by atoms with Gasteiger partial charge in [0.2, 0.25) is 5.95 Å². The lowest BCUT2D eigenvalue weighted by atomic mass is 10.1. The minimum atomic E-state index is 0.511. The molecule has 0 aliphatic carbocycles. The van der Waals surface area contributed by atoms with E-state index in [1.54, 1.807) is 13.3 Å². The molecule has 2 heterocycles. The van der Waals surface area contributed by atoms with Gasteiger partial charge < -0.3 is 19.7 Å². The van der Waals surface area contributed by atoms with Crippen molar-refractivity contribution in [1.82, 2.24) is 25.1 Å². The number of aryl methyl sites for hydroxylation is 2. The van der Waals surface area contributed by atoms with Crippen molar-refractivity contribution in [2.75, 3.05) is 38.7 Å². The first-order valence-corrected chi connectivity index (χ1v) is 11.2. The number of aromatic amines is 1. The Bertz CT molecular complexity index is 984. The van der Waals surface area contributed by atoms with Crippen molar-refractivity contribution in [3.63, 3.8) is 0 Å². The fraction of sp³-hybridized carbons (Fsp3) is 0.458. The summed E-state index contributed by atoms with van der Waals surface area (Å²) in [5, 5.41) is 10.5. The van der Waals surface area contributed by atoms with Gasteiger partial charge in [-0.3, -0.25) is 5.10 Å². The van der Waals surface area contributed by atoms with Gasteiger partial charge in [0.25, 0.3) is 0 Å². The largest absolute Gasteiger partial charge is 0.493 e. The first-order valence-electron chi connectivity index (χ1n) is 11.2. The van der Waals surface area contributed by atoms with Gasteiger partial charge in [-0.1, -0.05) is 13.8 Å². The van der Waals surface area contributed by atoms with E-state index >= 15 is 0 Å². The number of H-pyrrole nitrogens is 1. The van der Waals surface area contributed by atoms with Crippen LogP contribution in [-0.4, -0.2) is 58.4 Å². The zero-order valence-electron chi connectivity index (χ0n) is 19.7. The Balaban J connectivity index is 1.68. The Labute approximate surface area is 190 Å². The molecule has 0 unspecified atom stereocenters. The molecule has 0 aliphatic rings. The lowest BCUT2D eigenvalue weighted by Gasteiger charge is -2.19. The molecule has 0 spiro atoms. The molecule has 8 nitrogen and oxygen atoms in total. The number of nitrogens with zero attached hydrogens (tertiary/aromatic N) is 4. The van der Waals surface area contributed by atoms with Crippen LogP contribution in [0.4, 0.5) is 11.6 Å². The van der Waals surface area contributed by atoms with Crippen molar-refractivity contribution in [1.29, 1.82) is 0 Å². The Morgan fingerprint density at radius 1 is 1.09 bits per heavy atom. The summed E-state index contributed by atoms with van der Waals surface area (Å²) in [5.41, 5.74) is 4.54. The van der Waals surface area contributed by atoms with Crippen molar-refractivity contribution in [3.05, 3.63) is 41.9 Å². The number of nitrogens with one attached hydrogen (secondary N) is 2. The van der Waals surface area contributed by atoms with E-state index in [-0.39, 0.29) is 0 Å². The van der Waals surface area contributed by atoms with Crippen molar-refractivity contribution in [2.24, 2.45) is 0 Å². The molecule has 0 bridgehead atoms. The maximum atomic E-state index is 6.05. The van der Waals surface area contributed by atoms with Gasteiger partial charge in [-0.15, -0.1) is 0 Å². The van der Waals surface area contributed by atoms with E-state index in [1.165, 1.54) is 6.42 Å². The molecule has 2 N–H and O–H groups in total. The van der Waals surface area contributed by atoms with Crippen LogP contribution in [0.5, 0.6) is 11.5 Å². The van der Waals surface area contributed by atoms with E-state index in [4.69, 9.17) is 9.47 Å². The zero-order valence-corrected chi connectivity index (χ0v) is 19.7. The second kappa shape index (κ2) is 11.5. The topological polar surface area (TPSA) is 88.2 Å². The van der Waals surface area contributed by atoms with Gasteiger partial charge in [0, 0.05) is 35.8 Å². The molecule has 3 aromatic rings. The maximum absolute atomic E-state index is 6.05. The molecule has 0 aliphatic heterocycles. The molecule has 0 fully saturated rings. The van der Waals surface area contributed by atoms with E-state index in [1.807, 2.05) is 38.1 Å². The predicted octanol–water partition coefficient (Wildman–Crippen LogP) is 4.74. The van der Waals surface area contributed by atoms with Gasteiger partial charge in [0.15, 0.2) is 11.5 Å². The normalized spacial score (nSPS) is 11.1. The first kappa shape index (κ1) is 23.5. The third kappa shape index (κ3) is 5.97. The lowest BCUT2D eigenvalue weighted by Crippen LogP contribution is -2.26. The molecule has 0 saturated carbocycles. The summed E-state index contributed by atoms with van der Waals surface area (Å²) in [6, 6.07) is 7.63. The van der Waals surface area contributed by atoms with Crippen LogP contribution >= 0.6 is 0 Å². The Morgan fingerprint density at radius 2 is 1.94 bits per heavy atom. The molecule has 0 saturated heterocycles. The molecule has 172 valence electrons. The second-order valence-electron chi connectivity index (χ2n) is 7.70. The summed E-state index contributed by atoms with van der Waals surface area (Å²) >= 11 is 0. The van der Waals surface area contributed by atoms with E-state index in [0.717, 1.165) is 54.4 Å². The smallest absolute Gasteiger partial charge is 0.227 e. The van der Waals surface area contributed by atoms with E-state index in [0.29, 0.717) is 24.1 Å². The SMILES string of the molecule is CCCN(CC)CCCOc1cc(Nc2nccc(-c3c(C)n[nH]c3C)n2)ccc1OC. The highest BCUT2D eigenvalue weighted by atomic mass is 16.5. The average Bonchev–Trinajstić information content (AvgIpc) is 3.14. The summed E-state index contributed by atoms with van der Waals surface area (Å²) < 4.78 is 11.5. The summed E-state index contributed by atoms with van der Waals surface area (Å²) in [6.45, 7) is 12.2. The fourth-order valence-electron chi connectivity index (χ4n) is 3.70. The summed E-state index contributed by atoms with van der Waals surface area (Å²) in [7, 11) is 1.65. The molecule has 8 heteroatoms. The van der Waals surface area contributed by atoms with Crippen molar-refractivity contribution in [3.8, 4) is 22.8 Å². The maximum Gasteiger partial charge on any atom is 0.227 e. The van der Waals surface area contributed by atoms with Gasteiger partial charge in [-0.05, 0) is 58.0 Å². The quantitative estimate of drug-likeness (QED) is 0.395. The van der Waals surface area contributed by atoms with Crippen LogP contribution in [0.15, 0.2) is 30.5 Å². The van der Waals surface area contributed by atoms with Crippen LogP contribution in [0.25, 0.3) is 11.3 Å². The number of ether oxygens (including phenoxy) is 2. The molecule has 0 radical (unpaired) electrons. The van der Waals surface area contributed by atoms with Gasteiger partial charge >= 0.3 is 0 Å². The van der Waals surface area contributed by atoms with Crippen molar-refractivity contribution >= 4 is 11.6 Å². The highest BCUT2D eigenvalue weighted by Crippen LogP contribution is 2.31. The molecule has 1 aromatic carbocycles. The monoisotopic (exact) mass is 438 g/mol. The number of benzene rings is 1. The molecular formula is C24H34N6O2. The minimum Gasteiger partial charge on any atom is -0.493 e. The number of anilines is 2. The average molecular weight is 439 g/mol. The predicted molar refractivity (Wildman–Crippen MR) is 128 cm³/mol.